The Hall–Kier alpha value is -2.46. The van der Waals surface area contributed by atoms with E-state index in [2.05, 4.69) is 10.3 Å². The molecule has 0 aliphatic heterocycles. The van der Waals surface area contributed by atoms with E-state index in [0.717, 1.165) is 5.56 Å². The molecule has 0 radical (unpaired) electrons. The topological polar surface area (TPSA) is 62.2 Å². The number of hydrogen-bond acceptors (Lipinski definition) is 3. The SMILES string of the molecule is O=C(C=Cc1cccnc1)Nc1ccccc1CO. The van der Waals surface area contributed by atoms with Gasteiger partial charge in [-0.05, 0) is 23.8 Å². The van der Waals surface area contributed by atoms with Crippen LogP contribution >= 0.6 is 0 Å². The average Bonchev–Trinajstić information content (AvgIpc) is 2.47. The molecule has 1 heterocycles. The van der Waals surface area contributed by atoms with Gasteiger partial charge in [0.2, 0.25) is 5.91 Å². The summed E-state index contributed by atoms with van der Waals surface area (Å²) < 4.78 is 0. The van der Waals surface area contributed by atoms with Gasteiger partial charge in [0.1, 0.15) is 0 Å². The summed E-state index contributed by atoms with van der Waals surface area (Å²) in [6.07, 6.45) is 6.47. The smallest absolute Gasteiger partial charge is 0.248 e. The Bertz CT molecular complexity index is 580. The minimum Gasteiger partial charge on any atom is -0.392 e. The van der Waals surface area contributed by atoms with Gasteiger partial charge in [0.25, 0.3) is 0 Å². The average molecular weight is 254 g/mol. The molecule has 1 amide bonds. The van der Waals surface area contributed by atoms with E-state index >= 15 is 0 Å². The minimum absolute atomic E-state index is 0.108. The summed E-state index contributed by atoms with van der Waals surface area (Å²) in [5.74, 6) is -0.246. The van der Waals surface area contributed by atoms with Crippen LogP contribution in [0.4, 0.5) is 5.69 Å². The molecule has 1 aromatic carbocycles. The number of pyridine rings is 1. The maximum absolute atomic E-state index is 11.8. The quantitative estimate of drug-likeness (QED) is 0.822. The number of rotatable bonds is 4. The van der Waals surface area contributed by atoms with Crippen LogP contribution < -0.4 is 5.32 Å². The molecular formula is C15H14N2O2. The molecule has 1 aromatic heterocycles. The number of nitrogens with zero attached hydrogens (tertiary/aromatic N) is 1. The third-order valence-corrected chi connectivity index (χ3v) is 2.56. The summed E-state index contributed by atoms with van der Waals surface area (Å²) in [5.41, 5.74) is 2.16. The fraction of sp³-hybridized carbons (Fsp3) is 0.0667. The molecule has 0 fully saturated rings. The lowest BCUT2D eigenvalue weighted by Crippen LogP contribution is -2.09. The van der Waals surface area contributed by atoms with E-state index in [1.807, 2.05) is 12.1 Å². The van der Waals surface area contributed by atoms with Crippen LogP contribution in [0.2, 0.25) is 0 Å². The molecule has 2 rings (SSSR count). The van der Waals surface area contributed by atoms with Crippen molar-refractivity contribution in [2.45, 2.75) is 6.61 Å². The Morgan fingerprint density at radius 2 is 2.11 bits per heavy atom. The Labute approximate surface area is 111 Å². The predicted octanol–water partition coefficient (Wildman–Crippen LogP) is 2.23. The van der Waals surface area contributed by atoms with Gasteiger partial charge in [-0.25, -0.2) is 0 Å². The van der Waals surface area contributed by atoms with Crippen LogP contribution in [0.15, 0.2) is 54.9 Å². The molecule has 4 nitrogen and oxygen atoms in total. The Morgan fingerprint density at radius 1 is 1.26 bits per heavy atom. The molecule has 0 spiro atoms. The molecule has 2 aromatic rings. The van der Waals surface area contributed by atoms with Crippen LogP contribution in [-0.2, 0) is 11.4 Å². The third kappa shape index (κ3) is 3.76. The van der Waals surface area contributed by atoms with Crippen molar-refractivity contribution >= 4 is 17.7 Å². The molecule has 96 valence electrons. The number of hydrogen-bond donors (Lipinski definition) is 2. The van der Waals surface area contributed by atoms with Gasteiger partial charge in [0, 0.05) is 29.7 Å². The molecule has 0 saturated heterocycles. The second-order valence-electron chi connectivity index (χ2n) is 3.92. The highest BCUT2D eigenvalue weighted by Crippen LogP contribution is 2.14. The number of para-hydroxylation sites is 1. The second-order valence-corrected chi connectivity index (χ2v) is 3.92. The Kier molecular flexibility index (Phi) is 4.42. The number of benzene rings is 1. The minimum atomic E-state index is -0.246. The first-order valence-corrected chi connectivity index (χ1v) is 5.87. The number of anilines is 1. The first-order valence-electron chi connectivity index (χ1n) is 5.87. The Balaban J connectivity index is 2.04. The molecule has 0 saturated carbocycles. The lowest BCUT2D eigenvalue weighted by Gasteiger charge is -2.06. The second kappa shape index (κ2) is 6.47. The summed E-state index contributed by atoms with van der Waals surface area (Å²) >= 11 is 0. The zero-order valence-electron chi connectivity index (χ0n) is 10.3. The first-order chi connectivity index (χ1) is 9.29. The van der Waals surface area contributed by atoms with E-state index in [9.17, 15) is 4.79 Å². The first kappa shape index (κ1) is 13.0. The van der Waals surface area contributed by atoms with Gasteiger partial charge in [0.15, 0.2) is 0 Å². The van der Waals surface area contributed by atoms with Crippen molar-refractivity contribution in [2.75, 3.05) is 5.32 Å². The van der Waals surface area contributed by atoms with Gasteiger partial charge in [-0.3, -0.25) is 9.78 Å². The lowest BCUT2D eigenvalue weighted by atomic mass is 10.2. The maximum Gasteiger partial charge on any atom is 0.248 e. The number of carbonyl (C=O) groups excluding carboxylic acids is 1. The van der Waals surface area contributed by atoms with E-state index in [1.165, 1.54) is 6.08 Å². The van der Waals surface area contributed by atoms with Gasteiger partial charge in [-0.1, -0.05) is 24.3 Å². The summed E-state index contributed by atoms with van der Waals surface area (Å²) in [4.78, 5) is 15.7. The van der Waals surface area contributed by atoms with E-state index in [0.29, 0.717) is 11.3 Å². The molecule has 19 heavy (non-hydrogen) atoms. The highest BCUT2D eigenvalue weighted by atomic mass is 16.3. The monoisotopic (exact) mass is 254 g/mol. The largest absolute Gasteiger partial charge is 0.392 e. The van der Waals surface area contributed by atoms with Crippen molar-refractivity contribution in [3.8, 4) is 0 Å². The van der Waals surface area contributed by atoms with Crippen molar-refractivity contribution in [3.63, 3.8) is 0 Å². The third-order valence-electron chi connectivity index (χ3n) is 2.56. The summed E-state index contributed by atoms with van der Waals surface area (Å²) in [5, 5.41) is 11.9. The van der Waals surface area contributed by atoms with Crippen molar-refractivity contribution in [1.82, 2.24) is 4.98 Å². The molecule has 0 atom stereocenters. The van der Waals surface area contributed by atoms with Gasteiger partial charge in [0.05, 0.1) is 6.61 Å². The molecule has 0 bridgehead atoms. The van der Waals surface area contributed by atoms with Crippen LogP contribution in [0.1, 0.15) is 11.1 Å². The van der Waals surface area contributed by atoms with Crippen LogP contribution in [0.3, 0.4) is 0 Å². The highest BCUT2D eigenvalue weighted by Gasteiger charge is 2.02. The van der Waals surface area contributed by atoms with Gasteiger partial charge in [-0.15, -0.1) is 0 Å². The summed E-state index contributed by atoms with van der Waals surface area (Å²) in [7, 11) is 0. The number of carbonyl (C=O) groups is 1. The summed E-state index contributed by atoms with van der Waals surface area (Å²) in [6, 6.07) is 10.8. The number of nitrogens with one attached hydrogen (secondary N) is 1. The fourth-order valence-electron chi connectivity index (χ4n) is 1.60. The van der Waals surface area contributed by atoms with Crippen molar-refractivity contribution in [3.05, 3.63) is 66.0 Å². The standard InChI is InChI=1S/C15H14N2O2/c18-11-13-5-1-2-6-14(13)17-15(19)8-7-12-4-3-9-16-10-12/h1-10,18H,11H2,(H,17,19). The van der Waals surface area contributed by atoms with Gasteiger partial charge < -0.3 is 10.4 Å². The van der Waals surface area contributed by atoms with Gasteiger partial charge in [-0.2, -0.15) is 0 Å². The van der Waals surface area contributed by atoms with Gasteiger partial charge >= 0.3 is 0 Å². The van der Waals surface area contributed by atoms with Crippen LogP contribution in [0.25, 0.3) is 6.08 Å². The number of aliphatic hydroxyl groups is 1. The molecule has 4 heteroatoms. The van der Waals surface area contributed by atoms with E-state index < -0.39 is 0 Å². The Morgan fingerprint density at radius 3 is 2.84 bits per heavy atom. The van der Waals surface area contributed by atoms with E-state index in [1.54, 1.807) is 42.7 Å². The number of amides is 1. The summed E-state index contributed by atoms with van der Waals surface area (Å²) in [6.45, 7) is -0.108. The van der Waals surface area contributed by atoms with Crippen molar-refractivity contribution in [1.29, 1.82) is 0 Å². The molecule has 0 aliphatic carbocycles. The zero-order valence-corrected chi connectivity index (χ0v) is 10.3. The normalized spacial score (nSPS) is 10.6. The van der Waals surface area contributed by atoms with Crippen LogP contribution in [-0.4, -0.2) is 16.0 Å². The maximum atomic E-state index is 11.8. The van der Waals surface area contributed by atoms with Crippen LogP contribution in [0.5, 0.6) is 0 Å². The van der Waals surface area contributed by atoms with Crippen molar-refractivity contribution in [2.24, 2.45) is 0 Å². The zero-order chi connectivity index (χ0) is 13.5. The fourth-order valence-corrected chi connectivity index (χ4v) is 1.60. The predicted molar refractivity (Wildman–Crippen MR) is 74.3 cm³/mol. The number of aliphatic hydroxyl groups excluding tert-OH is 1. The highest BCUT2D eigenvalue weighted by molar-refractivity contribution is 6.02. The number of aromatic nitrogens is 1. The molecule has 0 unspecified atom stereocenters. The van der Waals surface area contributed by atoms with Crippen LogP contribution in [0, 0.1) is 0 Å². The van der Waals surface area contributed by atoms with E-state index in [-0.39, 0.29) is 12.5 Å². The van der Waals surface area contributed by atoms with E-state index in [4.69, 9.17) is 5.11 Å². The molecular weight excluding hydrogens is 240 g/mol. The molecule has 2 N–H and O–H groups in total. The van der Waals surface area contributed by atoms with Crippen molar-refractivity contribution < 1.29 is 9.90 Å². The lowest BCUT2D eigenvalue weighted by molar-refractivity contribution is -0.111. The molecule has 0 aliphatic rings.